The van der Waals surface area contributed by atoms with E-state index >= 15 is 0 Å². The molecule has 1 aliphatic heterocycles. The SMILES string of the molecule is C=CCC1(CC=C)OO1. The van der Waals surface area contributed by atoms with Crippen LogP contribution >= 0.6 is 0 Å². The standard InChI is InChI=1S/C7H10O2/c1-3-5-7(6-4-2)8-9-7/h3-4H,1-2,5-6H2. The lowest BCUT2D eigenvalue weighted by atomic mass is 10.1. The normalized spacial score (nSPS) is 20.9. The van der Waals surface area contributed by atoms with Crippen LogP contribution in [-0.4, -0.2) is 5.79 Å². The fraction of sp³-hybridized carbons (Fsp3) is 0.429. The highest BCUT2D eigenvalue weighted by Gasteiger charge is 2.46. The lowest BCUT2D eigenvalue weighted by Gasteiger charge is -1.96. The van der Waals surface area contributed by atoms with E-state index in [0.717, 1.165) is 12.8 Å². The van der Waals surface area contributed by atoms with E-state index in [-0.39, 0.29) is 5.79 Å². The van der Waals surface area contributed by atoms with Gasteiger partial charge in [0.05, 0.1) is 0 Å². The van der Waals surface area contributed by atoms with Gasteiger partial charge in [-0.05, 0) is 0 Å². The second-order valence-corrected chi connectivity index (χ2v) is 2.06. The molecule has 0 aromatic carbocycles. The highest BCUT2D eigenvalue weighted by molar-refractivity contribution is 4.89. The van der Waals surface area contributed by atoms with Crippen molar-refractivity contribution in [1.29, 1.82) is 0 Å². The van der Waals surface area contributed by atoms with Crippen LogP contribution in [-0.2, 0) is 9.78 Å². The molecule has 1 rings (SSSR count). The van der Waals surface area contributed by atoms with Crippen molar-refractivity contribution in [3.05, 3.63) is 25.3 Å². The van der Waals surface area contributed by atoms with Crippen molar-refractivity contribution in [3.8, 4) is 0 Å². The van der Waals surface area contributed by atoms with Gasteiger partial charge in [0.1, 0.15) is 0 Å². The first-order valence-corrected chi connectivity index (χ1v) is 2.92. The van der Waals surface area contributed by atoms with Crippen molar-refractivity contribution >= 4 is 0 Å². The minimum Gasteiger partial charge on any atom is -0.194 e. The summed E-state index contributed by atoms with van der Waals surface area (Å²) < 4.78 is 0. The number of hydrogen-bond donors (Lipinski definition) is 0. The topological polar surface area (TPSA) is 25.1 Å². The van der Waals surface area contributed by atoms with Crippen molar-refractivity contribution in [1.82, 2.24) is 0 Å². The Morgan fingerprint density at radius 1 is 1.11 bits per heavy atom. The summed E-state index contributed by atoms with van der Waals surface area (Å²) in [6.45, 7) is 7.15. The van der Waals surface area contributed by atoms with E-state index < -0.39 is 0 Å². The molecule has 1 saturated heterocycles. The monoisotopic (exact) mass is 126 g/mol. The number of hydrogen-bond acceptors (Lipinski definition) is 2. The van der Waals surface area contributed by atoms with Gasteiger partial charge < -0.3 is 0 Å². The maximum absolute atomic E-state index is 4.73. The molecular formula is C7H10O2. The maximum Gasteiger partial charge on any atom is 0.241 e. The summed E-state index contributed by atoms with van der Waals surface area (Å²) in [5, 5.41) is 0. The lowest BCUT2D eigenvalue weighted by molar-refractivity contribution is 0.0850. The molecule has 0 radical (unpaired) electrons. The Hall–Kier alpha value is -0.600. The van der Waals surface area contributed by atoms with Gasteiger partial charge in [0.25, 0.3) is 0 Å². The molecule has 1 heterocycles. The van der Waals surface area contributed by atoms with Gasteiger partial charge in [-0.15, -0.1) is 13.2 Å². The average molecular weight is 126 g/mol. The van der Waals surface area contributed by atoms with Crippen molar-refractivity contribution in [2.75, 3.05) is 0 Å². The van der Waals surface area contributed by atoms with Crippen LogP contribution in [0, 0.1) is 0 Å². The molecule has 0 unspecified atom stereocenters. The Labute approximate surface area is 54.7 Å². The Bertz CT molecular complexity index is 113. The fourth-order valence-electron chi connectivity index (χ4n) is 0.718. The summed E-state index contributed by atoms with van der Waals surface area (Å²) in [4.78, 5) is 9.47. The average Bonchev–Trinajstić information content (AvgIpc) is 2.51. The van der Waals surface area contributed by atoms with Crippen molar-refractivity contribution in [2.45, 2.75) is 18.6 Å². The smallest absolute Gasteiger partial charge is 0.194 e. The molecule has 0 aromatic rings. The Morgan fingerprint density at radius 2 is 1.56 bits per heavy atom. The minimum atomic E-state index is -0.385. The van der Waals surface area contributed by atoms with E-state index in [2.05, 4.69) is 13.2 Å². The van der Waals surface area contributed by atoms with E-state index in [1.807, 2.05) is 0 Å². The lowest BCUT2D eigenvalue weighted by Crippen LogP contribution is -2.05. The molecule has 0 saturated carbocycles. The third-order valence-electron chi connectivity index (χ3n) is 1.23. The molecule has 0 amide bonds. The zero-order valence-corrected chi connectivity index (χ0v) is 5.30. The molecule has 9 heavy (non-hydrogen) atoms. The third-order valence-corrected chi connectivity index (χ3v) is 1.23. The van der Waals surface area contributed by atoms with Crippen molar-refractivity contribution < 1.29 is 9.78 Å². The summed E-state index contributed by atoms with van der Waals surface area (Å²) in [5.41, 5.74) is 0. The highest BCUT2D eigenvalue weighted by Crippen LogP contribution is 2.36. The zero-order valence-electron chi connectivity index (χ0n) is 5.30. The quantitative estimate of drug-likeness (QED) is 0.326. The zero-order chi connectivity index (χ0) is 6.74. The molecule has 2 nitrogen and oxygen atoms in total. The van der Waals surface area contributed by atoms with Crippen molar-refractivity contribution in [2.24, 2.45) is 0 Å². The van der Waals surface area contributed by atoms with Crippen LogP contribution in [0.1, 0.15) is 12.8 Å². The molecule has 1 aliphatic rings. The summed E-state index contributed by atoms with van der Waals surface area (Å²) in [6.07, 6.45) is 5.02. The van der Waals surface area contributed by atoms with E-state index in [4.69, 9.17) is 9.78 Å². The first kappa shape index (κ1) is 6.52. The largest absolute Gasteiger partial charge is 0.241 e. The second kappa shape index (κ2) is 2.33. The van der Waals surface area contributed by atoms with Gasteiger partial charge in [0.2, 0.25) is 5.79 Å². The van der Waals surface area contributed by atoms with Crippen LogP contribution in [0.4, 0.5) is 0 Å². The molecule has 1 fully saturated rings. The molecule has 2 heteroatoms. The second-order valence-electron chi connectivity index (χ2n) is 2.06. The Balaban J connectivity index is 2.32. The fourth-order valence-corrected chi connectivity index (χ4v) is 0.718. The van der Waals surface area contributed by atoms with E-state index in [9.17, 15) is 0 Å². The van der Waals surface area contributed by atoms with Gasteiger partial charge in [-0.1, -0.05) is 12.2 Å². The first-order valence-electron chi connectivity index (χ1n) is 2.92. The van der Waals surface area contributed by atoms with Crippen LogP contribution in [0.25, 0.3) is 0 Å². The molecular weight excluding hydrogens is 116 g/mol. The van der Waals surface area contributed by atoms with Crippen LogP contribution in [0.5, 0.6) is 0 Å². The number of rotatable bonds is 4. The van der Waals surface area contributed by atoms with E-state index in [1.165, 1.54) is 0 Å². The molecule has 0 aromatic heterocycles. The van der Waals surface area contributed by atoms with E-state index in [1.54, 1.807) is 12.2 Å². The van der Waals surface area contributed by atoms with Crippen molar-refractivity contribution in [3.63, 3.8) is 0 Å². The summed E-state index contributed by atoms with van der Waals surface area (Å²) in [5.74, 6) is -0.385. The first-order chi connectivity index (χ1) is 4.33. The molecule has 0 aliphatic carbocycles. The maximum atomic E-state index is 4.73. The van der Waals surface area contributed by atoms with Gasteiger partial charge in [0, 0.05) is 12.8 Å². The van der Waals surface area contributed by atoms with Gasteiger partial charge in [0.15, 0.2) is 0 Å². The van der Waals surface area contributed by atoms with Crippen LogP contribution in [0.3, 0.4) is 0 Å². The molecule has 0 N–H and O–H groups in total. The van der Waals surface area contributed by atoms with Crippen LogP contribution in [0.2, 0.25) is 0 Å². The molecule has 50 valence electrons. The molecule has 0 bridgehead atoms. The Kier molecular flexibility index (Phi) is 1.69. The molecule has 0 spiro atoms. The summed E-state index contributed by atoms with van der Waals surface area (Å²) in [6, 6.07) is 0. The summed E-state index contributed by atoms with van der Waals surface area (Å²) >= 11 is 0. The van der Waals surface area contributed by atoms with Gasteiger partial charge >= 0.3 is 0 Å². The van der Waals surface area contributed by atoms with Gasteiger partial charge in [-0.2, -0.15) is 9.78 Å². The predicted molar refractivity (Wildman–Crippen MR) is 34.5 cm³/mol. The van der Waals surface area contributed by atoms with Crippen LogP contribution in [0.15, 0.2) is 25.3 Å². The van der Waals surface area contributed by atoms with E-state index in [0.29, 0.717) is 0 Å². The highest BCUT2D eigenvalue weighted by atomic mass is 17.4. The van der Waals surface area contributed by atoms with Gasteiger partial charge in [-0.25, -0.2) is 0 Å². The molecule has 0 atom stereocenters. The van der Waals surface area contributed by atoms with Crippen LogP contribution < -0.4 is 0 Å². The van der Waals surface area contributed by atoms with Gasteiger partial charge in [-0.3, -0.25) is 0 Å². The third kappa shape index (κ3) is 1.40. The predicted octanol–water partition coefficient (Wildman–Crippen LogP) is 1.80. The summed E-state index contributed by atoms with van der Waals surface area (Å²) in [7, 11) is 0. The minimum absolute atomic E-state index is 0.385. The Morgan fingerprint density at radius 3 is 1.78 bits per heavy atom.